The molecule has 1 aliphatic carbocycles. The number of aromatic nitrogens is 2. The summed E-state index contributed by atoms with van der Waals surface area (Å²) in [5, 5.41) is 8.69. The van der Waals surface area contributed by atoms with Crippen LogP contribution < -0.4 is 4.90 Å². The molecule has 1 aliphatic heterocycles. The first-order valence-electron chi connectivity index (χ1n) is 9.22. The normalized spacial score (nSPS) is 16.9. The third-order valence-corrected chi connectivity index (χ3v) is 5.12. The van der Waals surface area contributed by atoms with Gasteiger partial charge in [0.2, 0.25) is 0 Å². The van der Waals surface area contributed by atoms with Crippen LogP contribution in [0.3, 0.4) is 0 Å². The van der Waals surface area contributed by atoms with Crippen LogP contribution in [0.2, 0.25) is 0 Å². The van der Waals surface area contributed by atoms with Gasteiger partial charge in [0, 0.05) is 32.1 Å². The number of amides is 1. The molecule has 0 spiro atoms. The lowest BCUT2D eigenvalue weighted by atomic mass is 10.1. The van der Waals surface area contributed by atoms with Crippen LogP contribution in [0.4, 0.5) is 5.82 Å². The van der Waals surface area contributed by atoms with Crippen molar-refractivity contribution in [1.82, 2.24) is 15.1 Å². The number of carbonyl (C=O) groups is 2. The highest BCUT2D eigenvalue weighted by atomic mass is 16.5. The van der Waals surface area contributed by atoms with E-state index in [-0.39, 0.29) is 5.91 Å². The van der Waals surface area contributed by atoms with Crippen molar-refractivity contribution in [2.75, 3.05) is 38.2 Å². The number of esters is 1. The van der Waals surface area contributed by atoms with Crippen molar-refractivity contribution in [1.29, 1.82) is 0 Å². The van der Waals surface area contributed by atoms with Gasteiger partial charge in [0.15, 0.2) is 5.82 Å². The van der Waals surface area contributed by atoms with Crippen LogP contribution in [0.1, 0.15) is 45.2 Å². The van der Waals surface area contributed by atoms with E-state index in [9.17, 15) is 9.59 Å². The molecule has 2 fully saturated rings. The van der Waals surface area contributed by atoms with Gasteiger partial charge in [-0.2, -0.15) is 5.10 Å². The Bertz CT molecular complexity index is 841. The summed E-state index contributed by atoms with van der Waals surface area (Å²) in [6, 6.07) is 10.8. The zero-order valence-corrected chi connectivity index (χ0v) is 15.3. The van der Waals surface area contributed by atoms with E-state index in [0.29, 0.717) is 43.2 Å². The van der Waals surface area contributed by atoms with Crippen molar-refractivity contribution in [3.05, 3.63) is 53.2 Å². The van der Waals surface area contributed by atoms with E-state index in [0.717, 1.165) is 11.5 Å². The molecule has 2 aliphatic rings. The molecule has 27 heavy (non-hydrogen) atoms. The fourth-order valence-electron chi connectivity index (χ4n) is 3.37. The molecular weight excluding hydrogens is 344 g/mol. The lowest BCUT2D eigenvalue weighted by Gasteiger charge is -2.35. The first-order chi connectivity index (χ1) is 13.2. The number of benzene rings is 1. The van der Waals surface area contributed by atoms with E-state index < -0.39 is 5.97 Å². The molecular formula is C20H22N4O3. The molecule has 0 unspecified atom stereocenters. The molecule has 2 aromatic rings. The van der Waals surface area contributed by atoms with E-state index in [2.05, 4.69) is 21.2 Å². The number of carbonyl (C=O) groups excluding carboxylic acids is 2. The highest BCUT2D eigenvalue weighted by Crippen LogP contribution is 2.38. The van der Waals surface area contributed by atoms with Gasteiger partial charge in [-0.3, -0.25) is 4.79 Å². The topological polar surface area (TPSA) is 75.6 Å². The van der Waals surface area contributed by atoms with E-state index in [1.165, 1.54) is 20.0 Å². The summed E-state index contributed by atoms with van der Waals surface area (Å²) >= 11 is 0. The molecule has 1 amide bonds. The number of anilines is 1. The molecule has 1 aromatic carbocycles. The summed E-state index contributed by atoms with van der Waals surface area (Å²) in [5.74, 6) is 0.798. The predicted molar refractivity (Wildman–Crippen MR) is 99.9 cm³/mol. The van der Waals surface area contributed by atoms with Crippen LogP contribution in [0.15, 0.2) is 36.4 Å². The first-order valence-corrected chi connectivity index (χ1v) is 9.22. The average Bonchev–Trinajstić information content (AvgIpc) is 3.58. The van der Waals surface area contributed by atoms with Gasteiger partial charge in [-0.15, -0.1) is 5.10 Å². The standard InChI is InChI=1S/C20H22N4O3/c1-27-20(26)16-5-3-2-4-15(16)19(25)24-12-10-23(11-13-24)18-9-8-17(21-22-18)14-6-7-14/h2-5,8-9,14H,6-7,10-13H2,1H3. The molecule has 1 saturated carbocycles. The number of methoxy groups -OCH3 is 1. The molecule has 7 nitrogen and oxygen atoms in total. The second-order valence-electron chi connectivity index (χ2n) is 6.91. The smallest absolute Gasteiger partial charge is 0.338 e. The molecule has 1 aromatic heterocycles. The van der Waals surface area contributed by atoms with E-state index in [1.807, 2.05) is 6.07 Å². The molecule has 4 rings (SSSR count). The largest absolute Gasteiger partial charge is 0.465 e. The van der Waals surface area contributed by atoms with Gasteiger partial charge in [-0.1, -0.05) is 12.1 Å². The molecule has 140 valence electrons. The molecule has 0 radical (unpaired) electrons. The van der Waals surface area contributed by atoms with Gasteiger partial charge < -0.3 is 14.5 Å². The van der Waals surface area contributed by atoms with Gasteiger partial charge in [0.25, 0.3) is 5.91 Å². The van der Waals surface area contributed by atoms with E-state index in [1.54, 1.807) is 29.2 Å². The van der Waals surface area contributed by atoms with Gasteiger partial charge in [0.1, 0.15) is 0 Å². The Balaban J connectivity index is 1.41. The Kier molecular flexibility index (Phi) is 4.75. The van der Waals surface area contributed by atoms with Crippen molar-refractivity contribution < 1.29 is 14.3 Å². The van der Waals surface area contributed by atoms with Crippen molar-refractivity contribution in [3.8, 4) is 0 Å². The zero-order valence-electron chi connectivity index (χ0n) is 15.3. The minimum atomic E-state index is -0.497. The van der Waals surface area contributed by atoms with Crippen LogP contribution in [0.25, 0.3) is 0 Å². The van der Waals surface area contributed by atoms with Crippen molar-refractivity contribution in [2.24, 2.45) is 0 Å². The summed E-state index contributed by atoms with van der Waals surface area (Å²) < 4.78 is 4.79. The Hall–Kier alpha value is -2.96. The van der Waals surface area contributed by atoms with Crippen LogP contribution in [-0.2, 0) is 4.74 Å². The quantitative estimate of drug-likeness (QED) is 0.772. The number of hydrogen-bond donors (Lipinski definition) is 0. The number of ether oxygens (including phenoxy) is 1. The number of rotatable bonds is 4. The van der Waals surface area contributed by atoms with Gasteiger partial charge in [-0.25, -0.2) is 4.79 Å². The highest BCUT2D eigenvalue weighted by molar-refractivity contribution is 6.05. The summed E-state index contributed by atoms with van der Waals surface area (Å²) in [5.41, 5.74) is 1.76. The first kappa shape index (κ1) is 17.5. The van der Waals surface area contributed by atoms with Gasteiger partial charge >= 0.3 is 5.97 Å². The summed E-state index contributed by atoms with van der Waals surface area (Å²) in [6.45, 7) is 2.51. The maximum Gasteiger partial charge on any atom is 0.338 e. The number of hydrogen-bond acceptors (Lipinski definition) is 6. The molecule has 0 N–H and O–H groups in total. The lowest BCUT2D eigenvalue weighted by Crippen LogP contribution is -2.49. The number of nitrogens with zero attached hydrogens (tertiary/aromatic N) is 4. The fraction of sp³-hybridized carbons (Fsp3) is 0.400. The Labute approximate surface area is 157 Å². The molecule has 1 saturated heterocycles. The second-order valence-corrected chi connectivity index (χ2v) is 6.91. The minimum absolute atomic E-state index is 0.147. The van der Waals surface area contributed by atoms with Crippen LogP contribution in [0, 0.1) is 0 Å². The summed E-state index contributed by atoms with van der Waals surface area (Å²) in [6.07, 6.45) is 2.42. The highest BCUT2D eigenvalue weighted by Gasteiger charge is 2.28. The van der Waals surface area contributed by atoms with E-state index >= 15 is 0 Å². The average molecular weight is 366 g/mol. The zero-order chi connectivity index (χ0) is 18.8. The van der Waals surface area contributed by atoms with Gasteiger partial charge in [-0.05, 0) is 37.1 Å². The second kappa shape index (κ2) is 7.34. The van der Waals surface area contributed by atoms with Crippen molar-refractivity contribution in [2.45, 2.75) is 18.8 Å². The SMILES string of the molecule is COC(=O)c1ccccc1C(=O)N1CCN(c2ccc(C3CC3)nn2)CC1. The number of piperazine rings is 1. The summed E-state index contributed by atoms with van der Waals surface area (Å²) in [4.78, 5) is 28.7. The molecule has 0 atom stereocenters. The molecule has 2 heterocycles. The van der Waals surface area contributed by atoms with E-state index in [4.69, 9.17) is 4.74 Å². The third-order valence-electron chi connectivity index (χ3n) is 5.12. The molecule has 7 heteroatoms. The predicted octanol–water partition coefficient (Wildman–Crippen LogP) is 2.10. The van der Waals surface area contributed by atoms with Crippen molar-refractivity contribution in [3.63, 3.8) is 0 Å². The van der Waals surface area contributed by atoms with Crippen LogP contribution >= 0.6 is 0 Å². The summed E-state index contributed by atoms with van der Waals surface area (Å²) in [7, 11) is 1.32. The molecule has 0 bridgehead atoms. The van der Waals surface area contributed by atoms with Crippen LogP contribution in [-0.4, -0.2) is 60.3 Å². The fourth-order valence-corrected chi connectivity index (χ4v) is 3.37. The maximum atomic E-state index is 12.9. The van der Waals surface area contributed by atoms with Crippen LogP contribution in [0.5, 0.6) is 0 Å². The monoisotopic (exact) mass is 366 g/mol. The Morgan fingerprint density at radius 1 is 0.963 bits per heavy atom. The van der Waals surface area contributed by atoms with Crippen molar-refractivity contribution >= 4 is 17.7 Å². The van der Waals surface area contributed by atoms with Gasteiger partial charge in [0.05, 0.1) is 23.9 Å². The third kappa shape index (κ3) is 3.63. The maximum absolute atomic E-state index is 12.9. The Morgan fingerprint density at radius 2 is 1.67 bits per heavy atom. The minimum Gasteiger partial charge on any atom is -0.465 e. The Morgan fingerprint density at radius 3 is 2.26 bits per heavy atom. The lowest BCUT2D eigenvalue weighted by molar-refractivity contribution is 0.0589.